The van der Waals surface area contributed by atoms with E-state index in [0.717, 1.165) is 11.3 Å². The normalized spacial score (nSPS) is 10.6. The highest BCUT2D eigenvalue weighted by Crippen LogP contribution is 2.28. The van der Waals surface area contributed by atoms with E-state index in [2.05, 4.69) is 25.5 Å². The van der Waals surface area contributed by atoms with Crippen molar-refractivity contribution in [2.75, 3.05) is 13.7 Å². The molecular weight excluding hydrogens is 428 g/mol. The largest absolute Gasteiger partial charge is 0.497 e. The number of esters is 1. The van der Waals surface area contributed by atoms with Gasteiger partial charge in [-0.1, -0.05) is 12.1 Å². The number of aromatic amines is 1. The number of hydrogen-bond donors (Lipinski definition) is 1. The average Bonchev–Trinajstić information content (AvgIpc) is 3.38. The predicted molar refractivity (Wildman–Crippen MR) is 116 cm³/mol. The van der Waals surface area contributed by atoms with E-state index in [1.165, 1.54) is 17.2 Å². The van der Waals surface area contributed by atoms with Crippen LogP contribution in [0.15, 0.2) is 59.8 Å². The lowest BCUT2D eigenvalue weighted by molar-refractivity contribution is 0.0523. The van der Waals surface area contributed by atoms with E-state index in [9.17, 15) is 9.59 Å². The predicted octanol–water partition coefficient (Wildman–Crippen LogP) is 2.18. The van der Waals surface area contributed by atoms with Crippen LogP contribution >= 0.6 is 0 Å². The highest BCUT2D eigenvalue weighted by molar-refractivity contribution is 5.88. The first-order valence-electron chi connectivity index (χ1n) is 9.99. The van der Waals surface area contributed by atoms with Gasteiger partial charge in [0.1, 0.15) is 41.5 Å². The molecule has 2 aromatic heterocycles. The van der Waals surface area contributed by atoms with Crippen LogP contribution in [-0.4, -0.2) is 49.9 Å². The van der Waals surface area contributed by atoms with Gasteiger partial charge in [0.25, 0.3) is 5.56 Å². The molecule has 1 N–H and O–H groups in total. The molecular formula is C22H20N6O5. The molecule has 0 unspecified atom stereocenters. The Hall–Kier alpha value is -4.54. The molecule has 2 aromatic carbocycles. The number of methoxy groups -OCH3 is 1. The summed E-state index contributed by atoms with van der Waals surface area (Å²) in [6, 6.07) is 12.7. The molecule has 4 rings (SSSR count). The van der Waals surface area contributed by atoms with Crippen LogP contribution in [0, 0.1) is 0 Å². The fourth-order valence-corrected chi connectivity index (χ4v) is 3.02. The zero-order chi connectivity index (χ0) is 23.2. The topological polar surface area (TPSA) is 134 Å². The third-order valence-electron chi connectivity index (χ3n) is 4.68. The molecule has 0 saturated carbocycles. The van der Waals surface area contributed by atoms with Crippen molar-refractivity contribution >= 4 is 5.97 Å². The number of H-pyrrole nitrogens is 1. The van der Waals surface area contributed by atoms with Gasteiger partial charge in [-0.3, -0.25) is 4.79 Å². The van der Waals surface area contributed by atoms with Gasteiger partial charge in [0, 0.05) is 11.8 Å². The lowest BCUT2D eigenvalue weighted by Crippen LogP contribution is -2.21. The number of carbonyl (C=O) groups is 1. The van der Waals surface area contributed by atoms with Crippen LogP contribution in [0.1, 0.15) is 22.8 Å². The van der Waals surface area contributed by atoms with Crippen molar-refractivity contribution in [1.82, 2.24) is 30.2 Å². The van der Waals surface area contributed by atoms with Crippen LogP contribution in [0.5, 0.6) is 11.5 Å². The molecule has 0 atom stereocenters. The van der Waals surface area contributed by atoms with E-state index in [4.69, 9.17) is 14.2 Å². The average molecular weight is 448 g/mol. The molecule has 0 spiro atoms. The summed E-state index contributed by atoms with van der Waals surface area (Å²) in [5.74, 6) is 0.818. The number of ether oxygens (including phenoxy) is 3. The van der Waals surface area contributed by atoms with Crippen LogP contribution in [-0.2, 0) is 11.3 Å². The maximum absolute atomic E-state index is 12.3. The van der Waals surface area contributed by atoms with Gasteiger partial charge in [0.2, 0.25) is 0 Å². The molecule has 4 aromatic rings. The summed E-state index contributed by atoms with van der Waals surface area (Å²) in [7, 11) is 1.61. The minimum atomic E-state index is -0.727. The second-order valence-electron chi connectivity index (χ2n) is 6.77. The summed E-state index contributed by atoms with van der Waals surface area (Å²) in [5.41, 5.74) is 1.30. The van der Waals surface area contributed by atoms with Crippen LogP contribution in [0.25, 0.3) is 17.1 Å². The number of tetrazole rings is 1. The second kappa shape index (κ2) is 9.73. The zero-order valence-electron chi connectivity index (χ0n) is 17.9. The summed E-state index contributed by atoms with van der Waals surface area (Å²) in [6.07, 6.45) is 2.62. The van der Waals surface area contributed by atoms with Gasteiger partial charge in [0.15, 0.2) is 0 Å². The summed E-state index contributed by atoms with van der Waals surface area (Å²) >= 11 is 0. The lowest BCUT2D eigenvalue weighted by Gasteiger charge is -2.13. The highest BCUT2D eigenvalue weighted by atomic mass is 16.5. The Balaban J connectivity index is 1.63. The number of nitrogens with one attached hydrogen (secondary N) is 1. The molecule has 33 heavy (non-hydrogen) atoms. The van der Waals surface area contributed by atoms with Crippen molar-refractivity contribution in [2.45, 2.75) is 13.5 Å². The van der Waals surface area contributed by atoms with E-state index in [-0.39, 0.29) is 18.0 Å². The van der Waals surface area contributed by atoms with E-state index >= 15 is 0 Å². The molecule has 0 amide bonds. The standard InChI is InChI=1S/C22H20N6O5/c1-3-32-22(30)17-11-23-20(25-21(17)29)15-6-9-19(18(10-15)28-13-24-26-27-28)33-12-14-4-7-16(31-2)8-5-14/h4-11,13H,3,12H2,1-2H3,(H,23,25,29). The number of aromatic nitrogens is 6. The molecule has 0 aliphatic heterocycles. The van der Waals surface area contributed by atoms with Gasteiger partial charge in [-0.2, -0.15) is 4.68 Å². The number of nitrogens with zero attached hydrogens (tertiary/aromatic N) is 5. The Labute approximate surface area is 188 Å². The van der Waals surface area contributed by atoms with Gasteiger partial charge >= 0.3 is 5.97 Å². The molecule has 0 saturated heterocycles. The maximum Gasteiger partial charge on any atom is 0.345 e. The van der Waals surface area contributed by atoms with Crippen LogP contribution in [0.4, 0.5) is 0 Å². The molecule has 11 nitrogen and oxygen atoms in total. The smallest absolute Gasteiger partial charge is 0.345 e. The zero-order valence-corrected chi connectivity index (χ0v) is 17.9. The number of hydrogen-bond acceptors (Lipinski definition) is 9. The van der Waals surface area contributed by atoms with Crippen LogP contribution in [0.2, 0.25) is 0 Å². The Morgan fingerprint density at radius 3 is 2.64 bits per heavy atom. The first-order valence-corrected chi connectivity index (χ1v) is 9.99. The van der Waals surface area contributed by atoms with E-state index in [1.807, 2.05) is 24.3 Å². The third kappa shape index (κ3) is 4.87. The maximum atomic E-state index is 12.3. The van der Waals surface area contributed by atoms with Crippen LogP contribution < -0.4 is 15.0 Å². The Morgan fingerprint density at radius 1 is 1.15 bits per heavy atom. The van der Waals surface area contributed by atoms with Crippen molar-refractivity contribution in [3.63, 3.8) is 0 Å². The van der Waals surface area contributed by atoms with Crippen molar-refractivity contribution in [3.05, 3.63) is 76.5 Å². The van der Waals surface area contributed by atoms with Crippen molar-refractivity contribution in [3.8, 4) is 28.6 Å². The highest BCUT2D eigenvalue weighted by Gasteiger charge is 2.15. The molecule has 2 heterocycles. The second-order valence-corrected chi connectivity index (χ2v) is 6.77. The van der Waals surface area contributed by atoms with Gasteiger partial charge in [-0.05, 0) is 53.2 Å². The van der Waals surface area contributed by atoms with E-state index in [1.54, 1.807) is 32.2 Å². The van der Waals surface area contributed by atoms with Gasteiger partial charge in [-0.15, -0.1) is 5.10 Å². The van der Waals surface area contributed by atoms with Gasteiger partial charge < -0.3 is 19.2 Å². The number of carbonyl (C=O) groups excluding carboxylic acids is 1. The molecule has 0 aliphatic rings. The van der Waals surface area contributed by atoms with Crippen LogP contribution in [0.3, 0.4) is 0 Å². The van der Waals surface area contributed by atoms with E-state index in [0.29, 0.717) is 23.6 Å². The SMILES string of the molecule is CCOC(=O)c1cnc(-c2ccc(OCc3ccc(OC)cc3)c(-n3cnnn3)c2)[nH]c1=O. The number of benzene rings is 2. The first kappa shape index (κ1) is 21.7. The van der Waals surface area contributed by atoms with Gasteiger partial charge in [-0.25, -0.2) is 9.78 Å². The molecule has 0 bridgehead atoms. The molecule has 0 fully saturated rings. The summed E-state index contributed by atoms with van der Waals surface area (Å²) in [5, 5.41) is 11.3. The summed E-state index contributed by atoms with van der Waals surface area (Å²) in [4.78, 5) is 31.0. The van der Waals surface area contributed by atoms with E-state index < -0.39 is 11.5 Å². The Morgan fingerprint density at radius 2 is 1.97 bits per heavy atom. The minimum Gasteiger partial charge on any atom is -0.497 e. The summed E-state index contributed by atoms with van der Waals surface area (Å²) in [6.45, 7) is 2.13. The summed E-state index contributed by atoms with van der Waals surface area (Å²) < 4.78 is 17.5. The molecule has 168 valence electrons. The minimum absolute atomic E-state index is 0.160. The van der Waals surface area contributed by atoms with Crippen molar-refractivity contribution in [2.24, 2.45) is 0 Å². The van der Waals surface area contributed by atoms with Gasteiger partial charge in [0.05, 0.1) is 13.7 Å². The fraction of sp³-hybridized carbons (Fsp3) is 0.182. The Kier molecular flexibility index (Phi) is 6.39. The van der Waals surface area contributed by atoms with Crippen molar-refractivity contribution < 1.29 is 19.0 Å². The molecule has 0 radical (unpaired) electrons. The van der Waals surface area contributed by atoms with Crippen molar-refractivity contribution in [1.29, 1.82) is 0 Å². The first-order chi connectivity index (χ1) is 16.1. The quantitative estimate of drug-likeness (QED) is 0.402. The molecule has 11 heteroatoms. The Bertz CT molecular complexity index is 1300. The lowest BCUT2D eigenvalue weighted by atomic mass is 10.1. The molecule has 0 aliphatic carbocycles. The number of rotatable bonds is 8. The fourth-order valence-electron chi connectivity index (χ4n) is 3.02. The third-order valence-corrected chi connectivity index (χ3v) is 4.68. The monoisotopic (exact) mass is 448 g/mol.